The highest BCUT2D eigenvalue weighted by Gasteiger charge is 2.30. The van der Waals surface area contributed by atoms with E-state index in [1.54, 1.807) is 0 Å². The third kappa shape index (κ3) is 4.30. The molecule has 19 heavy (non-hydrogen) atoms. The number of aryl methyl sites for hydroxylation is 1. The fraction of sp³-hybridized carbons (Fsp3) is 0.625. The fourth-order valence-electron chi connectivity index (χ4n) is 2.85. The highest BCUT2D eigenvalue weighted by atomic mass is 16.3. The van der Waals surface area contributed by atoms with E-state index in [0.717, 1.165) is 32.7 Å². The topological polar surface area (TPSA) is 35.5 Å². The number of nitrogens with zero attached hydrogens (tertiary/aromatic N) is 1. The van der Waals surface area contributed by atoms with Crippen LogP contribution in [-0.4, -0.2) is 42.8 Å². The van der Waals surface area contributed by atoms with Gasteiger partial charge in [0.05, 0.1) is 6.61 Å². The molecule has 0 bridgehead atoms. The molecule has 1 saturated heterocycles. The molecule has 0 radical (unpaired) electrons. The molecule has 1 aromatic rings. The molecule has 1 atom stereocenters. The van der Waals surface area contributed by atoms with Gasteiger partial charge in [-0.05, 0) is 30.9 Å². The molecule has 0 aliphatic carbocycles. The quantitative estimate of drug-likeness (QED) is 0.820. The van der Waals surface area contributed by atoms with Crippen molar-refractivity contribution in [2.45, 2.75) is 26.8 Å². The van der Waals surface area contributed by atoms with Crippen LogP contribution in [0.3, 0.4) is 0 Å². The van der Waals surface area contributed by atoms with Crippen molar-refractivity contribution in [1.29, 1.82) is 0 Å². The van der Waals surface area contributed by atoms with Crippen molar-refractivity contribution in [3.8, 4) is 0 Å². The van der Waals surface area contributed by atoms with Crippen LogP contribution in [0.5, 0.6) is 0 Å². The van der Waals surface area contributed by atoms with Crippen LogP contribution in [0, 0.1) is 12.3 Å². The summed E-state index contributed by atoms with van der Waals surface area (Å²) >= 11 is 0. The lowest BCUT2D eigenvalue weighted by Gasteiger charge is -2.31. The van der Waals surface area contributed by atoms with Gasteiger partial charge in [-0.25, -0.2) is 0 Å². The first-order chi connectivity index (χ1) is 9.11. The van der Waals surface area contributed by atoms with Crippen molar-refractivity contribution >= 4 is 0 Å². The van der Waals surface area contributed by atoms with E-state index in [-0.39, 0.29) is 6.61 Å². The minimum Gasteiger partial charge on any atom is -0.395 e. The summed E-state index contributed by atoms with van der Waals surface area (Å²) in [7, 11) is 0. The fourth-order valence-corrected chi connectivity index (χ4v) is 2.85. The van der Waals surface area contributed by atoms with Gasteiger partial charge in [-0.15, -0.1) is 0 Å². The number of hydrogen-bond donors (Lipinski definition) is 2. The van der Waals surface area contributed by atoms with Crippen LogP contribution >= 0.6 is 0 Å². The maximum absolute atomic E-state index is 9.26. The van der Waals surface area contributed by atoms with E-state index in [9.17, 15) is 5.11 Å². The zero-order valence-corrected chi connectivity index (χ0v) is 12.2. The molecule has 0 aromatic heterocycles. The van der Waals surface area contributed by atoms with E-state index >= 15 is 0 Å². The molecular formula is C16H26N2O. The molecule has 1 aromatic carbocycles. The molecule has 1 heterocycles. The molecule has 3 nitrogen and oxygen atoms in total. The number of rotatable bonds is 6. The van der Waals surface area contributed by atoms with Crippen molar-refractivity contribution < 1.29 is 5.11 Å². The van der Waals surface area contributed by atoms with E-state index in [1.807, 2.05) is 0 Å². The van der Waals surface area contributed by atoms with Crippen LogP contribution in [0.1, 0.15) is 24.5 Å². The third-order valence-electron chi connectivity index (χ3n) is 4.01. The van der Waals surface area contributed by atoms with Gasteiger partial charge in [-0.2, -0.15) is 0 Å². The first-order valence-corrected chi connectivity index (χ1v) is 7.21. The molecule has 106 valence electrons. The summed E-state index contributed by atoms with van der Waals surface area (Å²) in [6.45, 7) is 9.62. The van der Waals surface area contributed by atoms with Gasteiger partial charge >= 0.3 is 0 Å². The Balaban J connectivity index is 1.97. The average molecular weight is 262 g/mol. The van der Waals surface area contributed by atoms with Gasteiger partial charge in [0.25, 0.3) is 0 Å². The molecule has 1 fully saturated rings. The number of aliphatic hydroxyl groups excluding tert-OH is 1. The predicted molar refractivity (Wildman–Crippen MR) is 79.1 cm³/mol. The maximum atomic E-state index is 9.26. The van der Waals surface area contributed by atoms with Gasteiger partial charge < -0.3 is 10.4 Å². The predicted octanol–water partition coefficient (Wildman–Crippen LogP) is 1.79. The van der Waals surface area contributed by atoms with E-state index < -0.39 is 0 Å². The van der Waals surface area contributed by atoms with Gasteiger partial charge in [-0.3, -0.25) is 4.90 Å². The van der Waals surface area contributed by atoms with E-state index in [4.69, 9.17) is 0 Å². The van der Waals surface area contributed by atoms with E-state index in [1.165, 1.54) is 17.5 Å². The van der Waals surface area contributed by atoms with Crippen molar-refractivity contribution in [3.05, 3.63) is 35.4 Å². The van der Waals surface area contributed by atoms with Crippen LogP contribution in [0.25, 0.3) is 0 Å². The zero-order chi connectivity index (χ0) is 13.7. The smallest absolute Gasteiger partial charge is 0.0558 e. The van der Waals surface area contributed by atoms with Crippen LogP contribution in [0.4, 0.5) is 0 Å². The van der Waals surface area contributed by atoms with Crippen molar-refractivity contribution in [2.75, 3.05) is 32.8 Å². The second kappa shape index (κ2) is 6.51. The van der Waals surface area contributed by atoms with Crippen LogP contribution in [0.15, 0.2) is 24.3 Å². The monoisotopic (exact) mass is 262 g/mol. The zero-order valence-electron chi connectivity index (χ0n) is 12.2. The largest absolute Gasteiger partial charge is 0.395 e. The molecule has 0 saturated carbocycles. The lowest BCUT2D eigenvalue weighted by atomic mass is 9.89. The average Bonchev–Trinajstić information content (AvgIpc) is 2.79. The minimum atomic E-state index is 0.232. The minimum absolute atomic E-state index is 0.232. The Morgan fingerprint density at radius 2 is 2.05 bits per heavy atom. The van der Waals surface area contributed by atoms with Crippen molar-refractivity contribution in [1.82, 2.24) is 10.2 Å². The molecule has 1 unspecified atom stereocenters. The summed E-state index contributed by atoms with van der Waals surface area (Å²) in [5.74, 6) is 0. The van der Waals surface area contributed by atoms with Gasteiger partial charge in [0.1, 0.15) is 0 Å². The standard InChI is InChI=1S/C16H26N2O/c1-14-3-5-15(6-4-14)11-18(9-10-19)13-16(2)7-8-17-12-16/h3-6,17,19H,7-13H2,1-2H3. The highest BCUT2D eigenvalue weighted by molar-refractivity contribution is 5.21. The summed E-state index contributed by atoms with van der Waals surface area (Å²) in [4.78, 5) is 2.37. The molecule has 1 aliphatic heterocycles. The summed E-state index contributed by atoms with van der Waals surface area (Å²) in [5, 5.41) is 12.7. The Labute approximate surface area is 116 Å². The molecule has 3 heteroatoms. The van der Waals surface area contributed by atoms with Crippen molar-refractivity contribution in [3.63, 3.8) is 0 Å². The van der Waals surface area contributed by atoms with E-state index in [0.29, 0.717) is 5.41 Å². The maximum Gasteiger partial charge on any atom is 0.0558 e. The van der Waals surface area contributed by atoms with Gasteiger partial charge in [0, 0.05) is 26.2 Å². The molecule has 0 amide bonds. The van der Waals surface area contributed by atoms with E-state index in [2.05, 4.69) is 48.3 Å². The van der Waals surface area contributed by atoms with Crippen LogP contribution < -0.4 is 5.32 Å². The summed E-state index contributed by atoms with van der Waals surface area (Å²) in [6.07, 6.45) is 1.23. The highest BCUT2D eigenvalue weighted by Crippen LogP contribution is 2.26. The summed E-state index contributed by atoms with van der Waals surface area (Å²) in [5.41, 5.74) is 2.97. The lowest BCUT2D eigenvalue weighted by Crippen LogP contribution is -2.38. The molecular weight excluding hydrogens is 236 g/mol. The Kier molecular flexibility index (Phi) is 4.97. The molecule has 2 rings (SSSR count). The normalized spacial score (nSPS) is 23.2. The van der Waals surface area contributed by atoms with Crippen molar-refractivity contribution in [2.24, 2.45) is 5.41 Å². The first-order valence-electron chi connectivity index (χ1n) is 7.21. The molecule has 2 N–H and O–H groups in total. The molecule has 1 aliphatic rings. The van der Waals surface area contributed by atoms with Gasteiger partial charge in [-0.1, -0.05) is 36.8 Å². The number of hydrogen-bond acceptors (Lipinski definition) is 3. The summed E-state index contributed by atoms with van der Waals surface area (Å²) < 4.78 is 0. The van der Waals surface area contributed by atoms with Gasteiger partial charge in [0.2, 0.25) is 0 Å². The Morgan fingerprint density at radius 3 is 2.63 bits per heavy atom. The van der Waals surface area contributed by atoms with Crippen LogP contribution in [-0.2, 0) is 6.54 Å². The number of aliphatic hydroxyl groups is 1. The summed E-state index contributed by atoms with van der Waals surface area (Å²) in [6, 6.07) is 8.69. The second-order valence-electron chi connectivity index (χ2n) is 6.16. The molecule has 0 spiro atoms. The third-order valence-corrected chi connectivity index (χ3v) is 4.01. The SMILES string of the molecule is Cc1ccc(CN(CCO)CC2(C)CCNC2)cc1. The number of nitrogens with one attached hydrogen (secondary N) is 1. The Morgan fingerprint density at radius 1 is 1.32 bits per heavy atom. The Hall–Kier alpha value is -0.900. The van der Waals surface area contributed by atoms with Crippen LogP contribution in [0.2, 0.25) is 0 Å². The Bertz CT molecular complexity index is 382. The number of benzene rings is 1. The first kappa shape index (κ1) is 14.5. The lowest BCUT2D eigenvalue weighted by molar-refractivity contribution is 0.138. The van der Waals surface area contributed by atoms with Gasteiger partial charge in [0.15, 0.2) is 0 Å². The second-order valence-corrected chi connectivity index (χ2v) is 6.16.